The first-order valence-corrected chi connectivity index (χ1v) is 8.10. The molecule has 3 heterocycles. The van der Waals surface area contributed by atoms with Crippen molar-refractivity contribution in [2.75, 3.05) is 26.3 Å². The molecular formula is C14H15NO4S. The molecule has 1 aromatic carbocycles. The van der Waals surface area contributed by atoms with Gasteiger partial charge in [0.25, 0.3) is 10.0 Å². The Balaban J connectivity index is 1.64. The molecule has 1 aromatic heterocycles. The third-order valence-electron chi connectivity index (χ3n) is 4.21. The molecule has 5 nitrogen and oxygen atoms in total. The SMILES string of the molecule is O=S(=O)(c1cc2ccccc2o1)N1CC2(CCOC2)C1. The Hall–Kier alpha value is -1.37. The van der Waals surface area contributed by atoms with Crippen LogP contribution < -0.4 is 0 Å². The van der Waals surface area contributed by atoms with Gasteiger partial charge in [0.15, 0.2) is 0 Å². The molecule has 1 spiro atoms. The minimum absolute atomic E-state index is 0.0347. The van der Waals surface area contributed by atoms with Crippen molar-refractivity contribution in [2.24, 2.45) is 5.41 Å². The van der Waals surface area contributed by atoms with Crippen LogP contribution in [0.15, 0.2) is 39.8 Å². The smallest absolute Gasteiger partial charge is 0.276 e. The quantitative estimate of drug-likeness (QED) is 0.848. The molecule has 2 aromatic rings. The van der Waals surface area contributed by atoms with Crippen molar-refractivity contribution in [3.8, 4) is 0 Å². The van der Waals surface area contributed by atoms with E-state index < -0.39 is 10.0 Å². The highest BCUT2D eigenvalue weighted by Gasteiger charge is 2.51. The minimum Gasteiger partial charge on any atom is -0.443 e. The number of benzene rings is 1. The van der Waals surface area contributed by atoms with Gasteiger partial charge < -0.3 is 9.15 Å². The van der Waals surface area contributed by atoms with E-state index in [9.17, 15) is 8.42 Å². The molecule has 0 atom stereocenters. The lowest BCUT2D eigenvalue weighted by Gasteiger charge is -2.45. The number of para-hydroxylation sites is 1. The molecule has 0 N–H and O–H groups in total. The van der Waals surface area contributed by atoms with Gasteiger partial charge in [-0.25, -0.2) is 8.42 Å². The van der Waals surface area contributed by atoms with E-state index in [0.717, 1.165) is 18.4 Å². The fourth-order valence-corrected chi connectivity index (χ4v) is 4.60. The molecule has 2 saturated heterocycles. The second kappa shape index (κ2) is 4.07. The minimum atomic E-state index is -3.52. The van der Waals surface area contributed by atoms with Crippen LogP contribution in [0.5, 0.6) is 0 Å². The highest BCUT2D eigenvalue weighted by atomic mass is 32.2. The Kier molecular flexibility index (Phi) is 2.52. The fourth-order valence-electron chi connectivity index (χ4n) is 2.98. The molecule has 2 aliphatic heterocycles. The van der Waals surface area contributed by atoms with Gasteiger partial charge in [-0.05, 0) is 12.5 Å². The number of nitrogens with zero attached hydrogens (tertiary/aromatic N) is 1. The van der Waals surface area contributed by atoms with Crippen LogP contribution in [0.1, 0.15) is 6.42 Å². The monoisotopic (exact) mass is 293 g/mol. The fraction of sp³-hybridized carbons (Fsp3) is 0.429. The van der Waals surface area contributed by atoms with E-state index in [1.807, 2.05) is 18.2 Å². The van der Waals surface area contributed by atoms with Crippen molar-refractivity contribution in [2.45, 2.75) is 11.5 Å². The average molecular weight is 293 g/mol. The van der Waals surface area contributed by atoms with Gasteiger partial charge >= 0.3 is 0 Å². The summed E-state index contributed by atoms with van der Waals surface area (Å²) in [6.45, 7) is 2.47. The Morgan fingerprint density at radius 1 is 1.20 bits per heavy atom. The Bertz CT molecular complexity index is 717. The maximum absolute atomic E-state index is 12.5. The van der Waals surface area contributed by atoms with Gasteiger partial charge in [-0.3, -0.25) is 0 Å². The zero-order valence-electron chi connectivity index (χ0n) is 10.9. The van der Waals surface area contributed by atoms with Crippen molar-refractivity contribution in [3.63, 3.8) is 0 Å². The zero-order valence-corrected chi connectivity index (χ0v) is 11.7. The molecule has 6 heteroatoms. The average Bonchev–Trinajstić information content (AvgIpc) is 3.03. The lowest BCUT2D eigenvalue weighted by molar-refractivity contribution is 0.0503. The molecule has 0 aliphatic carbocycles. The van der Waals surface area contributed by atoms with Crippen molar-refractivity contribution < 1.29 is 17.6 Å². The Morgan fingerprint density at radius 2 is 2.00 bits per heavy atom. The largest absolute Gasteiger partial charge is 0.443 e. The normalized spacial score (nSPS) is 22.4. The Morgan fingerprint density at radius 3 is 2.70 bits per heavy atom. The van der Waals surface area contributed by atoms with E-state index in [0.29, 0.717) is 25.3 Å². The van der Waals surface area contributed by atoms with Crippen LogP contribution in [0.3, 0.4) is 0 Å². The standard InChI is InChI=1S/C14H15NO4S/c16-20(17,15-8-14(9-15)5-6-18-10-14)13-7-11-3-1-2-4-12(11)19-13/h1-4,7H,5-6,8-10H2. The van der Waals surface area contributed by atoms with Gasteiger partial charge in [0.2, 0.25) is 5.09 Å². The van der Waals surface area contributed by atoms with E-state index in [-0.39, 0.29) is 10.5 Å². The van der Waals surface area contributed by atoms with Crippen LogP contribution in [0, 0.1) is 5.41 Å². The molecule has 106 valence electrons. The number of sulfonamides is 1. The van der Waals surface area contributed by atoms with Crippen molar-refractivity contribution in [1.29, 1.82) is 0 Å². The highest BCUT2D eigenvalue weighted by Crippen LogP contribution is 2.41. The van der Waals surface area contributed by atoms with Gasteiger partial charge in [0, 0.05) is 36.6 Å². The summed E-state index contributed by atoms with van der Waals surface area (Å²) in [7, 11) is -3.52. The van der Waals surface area contributed by atoms with Crippen LogP contribution in [-0.4, -0.2) is 39.0 Å². The molecule has 0 unspecified atom stereocenters. The molecular weight excluding hydrogens is 278 g/mol. The van der Waals surface area contributed by atoms with E-state index in [2.05, 4.69) is 0 Å². The summed E-state index contributed by atoms with van der Waals surface area (Å²) in [5, 5.41) is 0.845. The van der Waals surface area contributed by atoms with Gasteiger partial charge in [-0.15, -0.1) is 0 Å². The molecule has 0 saturated carbocycles. The lowest BCUT2D eigenvalue weighted by atomic mass is 9.81. The third-order valence-corrected chi connectivity index (χ3v) is 5.85. The molecule has 0 bridgehead atoms. The topological polar surface area (TPSA) is 59.8 Å². The summed E-state index contributed by atoms with van der Waals surface area (Å²) in [5.74, 6) is 0. The number of rotatable bonds is 2. The van der Waals surface area contributed by atoms with Crippen LogP contribution in [0.25, 0.3) is 11.0 Å². The number of furan rings is 1. The summed E-state index contributed by atoms with van der Waals surface area (Å²) in [6, 6.07) is 8.91. The maximum atomic E-state index is 12.5. The van der Waals surface area contributed by atoms with Crippen LogP contribution >= 0.6 is 0 Å². The second-order valence-corrected chi connectivity index (χ2v) is 7.55. The first-order chi connectivity index (χ1) is 9.59. The summed E-state index contributed by atoms with van der Waals surface area (Å²) in [4.78, 5) is 0. The number of ether oxygens (including phenoxy) is 1. The lowest BCUT2D eigenvalue weighted by Crippen LogP contribution is -2.58. The van der Waals surface area contributed by atoms with E-state index in [1.54, 1.807) is 12.1 Å². The van der Waals surface area contributed by atoms with Crippen molar-refractivity contribution in [1.82, 2.24) is 4.31 Å². The summed E-state index contributed by atoms with van der Waals surface area (Å²) in [6.07, 6.45) is 0.944. The predicted octanol–water partition coefficient (Wildman–Crippen LogP) is 1.84. The van der Waals surface area contributed by atoms with Crippen molar-refractivity contribution >= 4 is 21.0 Å². The van der Waals surface area contributed by atoms with E-state index in [1.165, 1.54) is 4.31 Å². The molecule has 4 rings (SSSR count). The third kappa shape index (κ3) is 1.72. The first kappa shape index (κ1) is 12.4. The second-order valence-electron chi connectivity index (χ2n) is 5.68. The Labute approximate surface area is 117 Å². The number of fused-ring (bicyclic) bond motifs is 1. The first-order valence-electron chi connectivity index (χ1n) is 6.66. The maximum Gasteiger partial charge on any atom is 0.276 e. The molecule has 0 radical (unpaired) electrons. The van der Waals surface area contributed by atoms with E-state index in [4.69, 9.17) is 9.15 Å². The summed E-state index contributed by atoms with van der Waals surface area (Å²) < 4.78 is 37.4. The summed E-state index contributed by atoms with van der Waals surface area (Å²) in [5.41, 5.74) is 0.643. The van der Waals surface area contributed by atoms with Gasteiger partial charge in [-0.2, -0.15) is 4.31 Å². The van der Waals surface area contributed by atoms with Crippen LogP contribution in [-0.2, 0) is 14.8 Å². The predicted molar refractivity (Wildman–Crippen MR) is 72.8 cm³/mol. The molecule has 2 aliphatic rings. The highest BCUT2D eigenvalue weighted by molar-refractivity contribution is 7.89. The van der Waals surface area contributed by atoms with Crippen LogP contribution in [0.4, 0.5) is 0 Å². The van der Waals surface area contributed by atoms with Crippen molar-refractivity contribution in [3.05, 3.63) is 30.3 Å². The number of hydrogen-bond acceptors (Lipinski definition) is 4. The zero-order chi connectivity index (χ0) is 13.8. The van der Waals surface area contributed by atoms with Gasteiger partial charge in [0.05, 0.1) is 6.61 Å². The summed E-state index contributed by atoms with van der Waals surface area (Å²) >= 11 is 0. The molecule has 0 amide bonds. The van der Waals surface area contributed by atoms with Crippen LogP contribution in [0.2, 0.25) is 0 Å². The molecule has 20 heavy (non-hydrogen) atoms. The van der Waals surface area contributed by atoms with Gasteiger partial charge in [-0.1, -0.05) is 18.2 Å². The molecule has 2 fully saturated rings. The van der Waals surface area contributed by atoms with Gasteiger partial charge in [0.1, 0.15) is 5.58 Å². The van der Waals surface area contributed by atoms with E-state index >= 15 is 0 Å². The number of hydrogen-bond donors (Lipinski definition) is 0.